The zero-order valence-corrected chi connectivity index (χ0v) is 13.3. The molecule has 23 heavy (non-hydrogen) atoms. The van der Waals surface area contributed by atoms with Crippen molar-refractivity contribution in [2.45, 2.75) is 20.3 Å². The first-order valence-corrected chi connectivity index (χ1v) is 7.69. The van der Waals surface area contributed by atoms with Crippen molar-refractivity contribution in [3.63, 3.8) is 0 Å². The standard InChI is InChI=1S/C19H20N2O2/c1-12-3-5-15-14(11-21-17(15)9-12)7-8-20-19(23)16-6-4-13(2)10-18(16)22/h3-6,9-11,21-22H,7-8H2,1-2H3,(H,20,23). The van der Waals surface area contributed by atoms with Crippen LogP contribution in [0.3, 0.4) is 0 Å². The van der Waals surface area contributed by atoms with E-state index in [-0.39, 0.29) is 11.7 Å². The van der Waals surface area contributed by atoms with E-state index in [1.165, 1.54) is 16.5 Å². The molecule has 118 valence electrons. The van der Waals surface area contributed by atoms with Gasteiger partial charge >= 0.3 is 0 Å². The summed E-state index contributed by atoms with van der Waals surface area (Å²) < 4.78 is 0. The van der Waals surface area contributed by atoms with Gasteiger partial charge in [0.15, 0.2) is 0 Å². The van der Waals surface area contributed by atoms with Crippen molar-refractivity contribution in [2.24, 2.45) is 0 Å². The molecule has 0 saturated heterocycles. The van der Waals surface area contributed by atoms with Gasteiger partial charge in [0.25, 0.3) is 5.91 Å². The highest BCUT2D eigenvalue weighted by Gasteiger charge is 2.11. The molecule has 0 aliphatic carbocycles. The topological polar surface area (TPSA) is 65.1 Å². The molecule has 0 bridgehead atoms. The highest BCUT2D eigenvalue weighted by molar-refractivity contribution is 5.96. The van der Waals surface area contributed by atoms with Crippen LogP contribution in [0.1, 0.15) is 27.0 Å². The Balaban J connectivity index is 1.65. The molecule has 3 aromatic rings. The first-order valence-electron chi connectivity index (χ1n) is 7.69. The van der Waals surface area contributed by atoms with Crippen molar-refractivity contribution >= 4 is 16.8 Å². The fraction of sp³-hybridized carbons (Fsp3) is 0.211. The van der Waals surface area contributed by atoms with Gasteiger partial charge in [0.2, 0.25) is 0 Å². The van der Waals surface area contributed by atoms with Crippen LogP contribution < -0.4 is 5.32 Å². The second-order valence-electron chi connectivity index (χ2n) is 5.89. The molecule has 0 unspecified atom stereocenters. The second-order valence-corrected chi connectivity index (χ2v) is 5.89. The van der Waals surface area contributed by atoms with Gasteiger partial charge in [-0.3, -0.25) is 4.79 Å². The monoisotopic (exact) mass is 308 g/mol. The average molecular weight is 308 g/mol. The smallest absolute Gasteiger partial charge is 0.255 e. The SMILES string of the molecule is Cc1ccc(C(=O)NCCc2c[nH]c3cc(C)ccc23)c(O)c1. The van der Waals surface area contributed by atoms with Crippen LogP contribution in [0.5, 0.6) is 5.75 Å². The van der Waals surface area contributed by atoms with Crippen LogP contribution in [0.15, 0.2) is 42.6 Å². The normalized spacial score (nSPS) is 10.9. The van der Waals surface area contributed by atoms with Gasteiger partial charge in [-0.1, -0.05) is 18.2 Å². The number of phenolic OH excluding ortho intramolecular Hbond substituents is 1. The number of aryl methyl sites for hydroxylation is 2. The molecule has 3 N–H and O–H groups in total. The number of rotatable bonds is 4. The largest absolute Gasteiger partial charge is 0.507 e. The summed E-state index contributed by atoms with van der Waals surface area (Å²) in [7, 11) is 0. The van der Waals surface area contributed by atoms with E-state index in [0.29, 0.717) is 12.1 Å². The van der Waals surface area contributed by atoms with E-state index < -0.39 is 0 Å². The Morgan fingerprint density at radius 2 is 1.87 bits per heavy atom. The van der Waals surface area contributed by atoms with Gasteiger partial charge in [0.05, 0.1) is 5.56 Å². The molecule has 0 fully saturated rings. The Hall–Kier alpha value is -2.75. The van der Waals surface area contributed by atoms with Crippen molar-refractivity contribution < 1.29 is 9.90 Å². The lowest BCUT2D eigenvalue weighted by Crippen LogP contribution is -2.25. The molecule has 4 heteroatoms. The molecule has 0 atom stereocenters. The zero-order chi connectivity index (χ0) is 16.4. The van der Waals surface area contributed by atoms with Crippen LogP contribution in [0.25, 0.3) is 10.9 Å². The van der Waals surface area contributed by atoms with Crippen molar-refractivity contribution in [3.05, 3.63) is 64.8 Å². The minimum atomic E-state index is -0.252. The lowest BCUT2D eigenvalue weighted by Gasteiger charge is -2.07. The number of aromatic nitrogens is 1. The van der Waals surface area contributed by atoms with Crippen molar-refractivity contribution in [1.82, 2.24) is 10.3 Å². The summed E-state index contributed by atoms with van der Waals surface area (Å²) in [6.07, 6.45) is 2.72. The summed E-state index contributed by atoms with van der Waals surface area (Å²) in [4.78, 5) is 15.4. The minimum absolute atomic E-state index is 0.0186. The van der Waals surface area contributed by atoms with Gasteiger partial charge in [-0.2, -0.15) is 0 Å². The highest BCUT2D eigenvalue weighted by atomic mass is 16.3. The lowest BCUT2D eigenvalue weighted by atomic mass is 10.1. The fourth-order valence-corrected chi connectivity index (χ4v) is 2.75. The van der Waals surface area contributed by atoms with E-state index in [1.807, 2.05) is 19.2 Å². The second kappa shape index (κ2) is 6.16. The maximum Gasteiger partial charge on any atom is 0.255 e. The van der Waals surface area contributed by atoms with Crippen LogP contribution in [0.4, 0.5) is 0 Å². The van der Waals surface area contributed by atoms with E-state index in [2.05, 4.69) is 35.4 Å². The van der Waals surface area contributed by atoms with Gasteiger partial charge in [0.1, 0.15) is 5.75 Å². The van der Waals surface area contributed by atoms with Crippen LogP contribution in [-0.4, -0.2) is 22.5 Å². The maximum absolute atomic E-state index is 12.1. The predicted octanol–water partition coefficient (Wildman–Crippen LogP) is 3.46. The average Bonchev–Trinajstić information content (AvgIpc) is 2.89. The molecule has 0 aliphatic rings. The first kappa shape index (κ1) is 15.2. The third-order valence-electron chi connectivity index (χ3n) is 4.00. The van der Waals surface area contributed by atoms with Crippen molar-refractivity contribution in [2.75, 3.05) is 6.54 Å². The van der Waals surface area contributed by atoms with Gasteiger partial charge in [-0.15, -0.1) is 0 Å². The number of fused-ring (bicyclic) bond motifs is 1. The summed E-state index contributed by atoms with van der Waals surface area (Å²) in [6.45, 7) is 4.46. The minimum Gasteiger partial charge on any atom is -0.507 e. The molecule has 1 aromatic heterocycles. The number of aromatic amines is 1. The molecule has 1 heterocycles. The summed E-state index contributed by atoms with van der Waals surface area (Å²) in [6, 6.07) is 11.4. The molecule has 0 radical (unpaired) electrons. The lowest BCUT2D eigenvalue weighted by molar-refractivity contribution is 0.0951. The fourth-order valence-electron chi connectivity index (χ4n) is 2.75. The Kier molecular flexibility index (Phi) is 4.06. The number of carbonyl (C=O) groups is 1. The van der Waals surface area contributed by atoms with Crippen LogP contribution >= 0.6 is 0 Å². The van der Waals surface area contributed by atoms with Gasteiger partial charge in [-0.05, 0) is 55.2 Å². The van der Waals surface area contributed by atoms with E-state index in [1.54, 1.807) is 12.1 Å². The Bertz CT molecular complexity index is 865. The van der Waals surface area contributed by atoms with Gasteiger partial charge in [-0.25, -0.2) is 0 Å². The zero-order valence-electron chi connectivity index (χ0n) is 13.3. The van der Waals surface area contributed by atoms with Crippen LogP contribution in [-0.2, 0) is 6.42 Å². The summed E-state index contributed by atoms with van der Waals surface area (Å²) in [5.74, 6) is -0.233. The molecule has 3 rings (SSSR count). The van der Waals surface area contributed by atoms with E-state index >= 15 is 0 Å². The van der Waals surface area contributed by atoms with E-state index in [4.69, 9.17) is 0 Å². The summed E-state index contributed by atoms with van der Waals surface area (Å²) >= 11 is 0. The number of aromatic hydroxyl groups is 1. The molecule has 0 spiro atoms. The molecular weight excluding hydrogens is 288 g/mol. The molecule has 4 nitrogen and oxygen atoms in total. The Morgan fingerprint density at radius 1 is 1.13 bits per heavy atom. The predicted molar refractivity (Wildman–Crippen MR) is 91.9 cm³/mol. The number of hydrogen-bond acceptors (Lipinski definition) is 2. The number of benzene rings is 2. The molecule has 0 saturated carbocycles. The summed E-state index contributed by atoms with van der Waals surface area (Å²) in [5, 5.41) is 13.9. The number of nitrogens with one attached hydrogen (secondary N) is 2. The number of phenols is 1. The highest BCUT2D eigenvalue weighted by Crippen LogP contribution is 2.20. The van der Waals surface area contributed by atoms with Gasteiger partial charge in [0, 0.05) is 23.6 Å². The Morgan fingerprint density at radius 3 is 2.65 bits per heavy atom. The van der Waals surface area contributed by atoms with Crippen LogP contribution in [0, 0.1) is 13.8 Å². The number of amides is 1. The molecule has 0 aliphatic heterocycles. The van der Waals surface area contributed by atoms with E-state index in [0.717, 1.165) is 17.5 Å². The first-order chi connectivity index (χ1) is 11.0. The number of H-pyrrole nitrogens is 1. The summed E-state index contributed by atoms with van der Waals surface area (Å²) in [5.41, 5.74) is 4.74. The molecular formula is C19H20N2O2. The van der Waals surface area contributed by atoms with Crippen LogP contribution in [0.2, 0.25) is 0 Å². The third-order valence-corrected chi connectivity index (χ3v) is 4.00. The van der Waals surface area contributed by atoms with E-state index in [9.17, 15) is 9.90 Å². The van der Waals surface area contributed by atoms with Crippen molar-refractivity contribution in [3.8, 4) is 5.75 Å². The third kappa shape index (κ3) is 3.21. The molecule has 1 amide bonds. The Labute approximate surface area is 135 Å². The molecule has 2 aromatic carbocycles. The number of hydrogen-bond donors (Lipinski definition) is 3. The maximum atomic E-state index is 12.1. The van der Waals surface area contributed by atoms with Crippen molar-refractivity contribution in [1.29, 1.82) is 0 Å². The quantitative estimate of drug-likeness (QED) is 0.691. The number of carbonyl (C=O) groups excluding carboxylic acids is 1. The van der Waals surface area contributed by atoms with Gasteiger partial charge < -0.3 is 15.4 Å².